The van der Waals surface area contributed by atoms with Gasteiger partial charge in [0, 0.05) is 24.8 Å². The zero-order valence-corrected chi connectivity index (χ0v) is 13.3. The average molecular weight is 282 g/mol. The van der Waals surface area contributed by atoms with Crippen molar-refractivity contribution in [2.24, 2.45) is 0 Å². The Morgan fingerprint density at radius 1 is 1.42 bits per heavy atom. The highest BCUT2D eigenvalue weighted by molar-refractivity contribution is 7.98. The van der Waals surface area contributed by atoms with Crippen LogP contribution in [-0.2, 0) is 0 Å². The first-order valence-electron chi connectivity index (χ1n) is 6.84. The Balaban J connectivity index is 2.76. The summed E-state index contributed by atoms with van der Waals surface area (Å²) >= 11 is 1.89. The second-order valence-corrected chi connectivity index (χ2v) is 5.80. The first kappa shape index (κ1) is 16.0. The van der Waals surface area contributed by atoms with Crippen LogP contribution in [0, 0.1) is 0 Å². The lowest BCUT2D eigenvalue weighted by Gasteiger charge is -2.27. The third-order valence-corrected chi connectivity index (χ3v) is 3.91. The van der Waals surface area contributed by atoms with Crippen LogP contribution in [0.4, 0.5) is 11.4 Å². The summed E-state index contributed by atoms with van der Waals surface area (Å²) in [6.07, 6.45) is 4.31. The Hall–Kier alpha value is -1.03. The molecule has 3 nitrogen and oxygen atoms in total. The summed E-state index contributed by atoms with van der Waals surface area (Å²) in [7, 11) is 2.13. The summed E-state index contributed by atoms with van der Waals surface area (Å²) in [5, 5.41) is 0. The van der Waals surface area contributed by atoms with Crippen molar-refractivity contribution in [2.75, 3.05) is 36.3 Å². The first-order valence-corrected chi connectivity index (χ1v) is 8.23. The van der Waals surface area contributed by atoms with Crippen LogP contribution < -0.4 is 15.4 Å². The quantitative estimate of drug-likeness (QED) is 0.739. The molecule has 1 aromatic carbocycles. The fraction of sp³-hybridized carbons (Fsp3) is 0.600. The summed E-state index contributed by atoms with van der Waals surface area (Å²) in [5.74, 6) is 1.97. The van der Waals surface area contributed by atoms with Crippen LogP contribution in [-0.4, -0.2) is 31.7 Å². The van der Waals surface area contributed by atoms with Crippen LogP contribution in [0.3, 0.4) is 0 Å². The fourth-order valence-corrected chi connectivity index (χ4v) is 2.39. The monoisotopic (exact) mass is 282 g/mol. The topological polar surface area (TPSA) is 38.5 Å². The minimum Gasteiger partial charge on any atom is -0.491 e. The highest BCUT2D eigenvalue weighted by atomic mass is 32.2. The number of benzene rings is 1. The Morgan fingerprint density at radius 2 is 2.16 bits per heavy atom. The lowest BCUT2D eigenvalue weighted by molar-refractivity contribution is 0.319. The molecule has 0 saturated heterocycles. The molecule has 0 aromatic heterocycles. The Labute approximate surface area is 121 Å². The summed E-state index contributed by atoms with van der Waals surface area (Å²) in [4.78, 5) is 2.29. The van der Waals surface area contributed by atoms with Crippen molar-refractivity contribution in [2.45, 2.75) is 32.7 Å². The van der Waals surface area contributed by atoms with Crippen molar-refractivity contribution < 1.29 is 4.74 Å². The second-order valence-electron chi connectivity index (χ2n) is 4.81. The van der Waals surface area contributed by atoms with Crippen LogP contribution in [0.2, 0.25) is 0 Å². The van der Waals surface area contributed by atoms with Gasteiger partial charge in [0.15, 0.2) is 0 Å². The van der Waals surface area contributed by atoms with Gasteiger partial charge in [-0.2, -0.15) is 11.8 Å². The summed E-state index contributed by atoms with van der Waals surface area (Å²) in [5.41, 5.74) is 7.81. The zero-order valence-electron chi connectivity index (χ0n) is 12.5. The maximum absolute atomic E-state index is 5.94. The maximum Gasteiger partial charge on any atom is 0.144 e. The van der Waals surface area contributed by atoms with E-state index in [2.05, 4.69) is 38.1 Å². The molecule has 4 heteroatoms. The molecule has 0 heterocycles. The van der Waals surface area contributed by atoms with E-state index in [1.165, 1.54) is 12.2 Å². The number of thioether (sulfide) groups is 1. The van der Waals surface area contributed by atoms with E-state index in [1.807, 2.05) is 23.9 Å². The van der Waals surface area contributed by atoms with E-state index >= 15 is 0 Å². The molecule has 0 bridgehead atoms. The number of hydrogen-bond acceptors (Lipinski definition) is 4. The predicted molar refractivity (Wildman–Crippen MR) is 87.5 cm³/mol. The van der Waals surface area contributed by atoms with E-state index in [0.29, 0.717) is 18.3 Å². The SMILES string of the molecule is CCCOc1cc(N(C)C(C)CCSC)ccc1N. The van der Waals surface area contributed by atoms with E-state index < -0.39 is 0 Å². The molecule has 0 amide bonds. The molecule has 0 spiro atoms. The Kier molecular flexibility index (Phi) is 6.92. The van der Waals surface area contributed by atoms with E-state index in [-0.39, 0.29) is 0 Å². The van der Waals surface area contributed by atoms with E-state index in [4.69, 9.17) is 10.5 Å². The standard InChI is InChI=1S/C15H26N2OS/c1-5-9-18-15-11-13(6-7-14(15)16)17(3)12(2)8-10-19-4/h6-7,11-12H,5,8-10,16H2,1-4H3. The highest BCUT2D eigenvalue weighted by Crippen LogP contribution is 2.28. The molecule has 108 valence electrons. The number of hydrogen-bond donors (Lipinski definition) is 1. The van der Waals surface area contributed by atoms with Crippen molar-refractivity contribution >= 4 is 23.1 Å². The number of anilines is 2. The van der Waals surface area contributed by atoms with Gasteiger partial charge in [-0.25, -0.2) is 0 Å². The number of ether oxygens (including phenoxy) is 1. The summed E-state index contributed by atoms with van der Waals surface area (Å²) < 4.78 is 5.68. The zero-order chi connectivity index (χ0) is 14.3. The summed E-state index contributed by atoms with van der Waals surface area (Å²) in [6.45, 7) is 5.05. The van der Waals surface area contributed by atoms with Gasteiger partial charge in [0.2, 0.25) is 0 Å². The molecule has 1 rings (SSSR count). The molecule has 0 aliphatic carbocycles. The van der Waals surface area contributed by atoms with Crippen molar-refractivity contribution in [1.82, 2.24) is 0 Å². The van der Waals surface area contributed by atoms with Gasteiger partial charge in [0.1, 0.15) is 5.75 Å². The number of nitrogen functional groups attached to an aromatic ring is 1. The molecule has 0 radical (unpaired) electrons. The van der Waals surface area contributed by atoms with Crippen molar-refractivity contribution in [3.8, 4) is 5.75 Å². The molecule has 0 saturated carbocycles. The van der Waals surface area contributed by atoms with Crippen molar-refractivity contribution in [3.05, 3.63) is 18.2 Å². The van der Waals surface area contributed by atoms with E-state index in [1.54, 1.807) is 0 Å². The normalized spacial score (nSPS) is 12.2. The lowest BCUT2D eigenvalue weighted by Crippen LogP contribution is -2.29. The molecule has 0 fully saturated rings. The molecule has 2 N–H and O–H groups in total. The lowest BCUT2D eigenvalue weighted by atomic mass is 10.2. The largest absolute Gasteiger partial charge is 0.491 e. The third kappa shape index (κ3) is 4.86. The van der Waals surface area contributed by atoms with Gasteiger partial charge < -0.3 is 15.4 Å². The van der Waals surface area contributed by atoms with E-state index in [9.17, 15) is 0 Å². The molecular formula is C15H26N2OS. The van der Waals surface area contributed by atoms with Crippen LogP contribution in [0.1, 0.15) is 26.7 Å². The van der Waals surface area contributed by atoms with Gasteiger partial charge in [0.05, 0.1) is 12.3 Å². The van der Waals surface area contributed by atoms with Crippen molar-refractivity contribution in [1.29, 1.82) is 0 Å². The Morgan fingerprint density at radius 3 is 2.79 bits per heavy atom. The molecular weight excluding hydrogens is 256 g/mol. The molecule has 1 atom stereocenters. The average Bonchev–Trinajstić information content (AvgIpc) is 2.43. The first-order chi connectivity index (χ1) is 9.10. The fourth-order valence-electron chi connectivity index (χ4n) is 1.82. The van der Waals surface area contributed by atoms with Crippen LogP contribution >= 0.6 is 11.8 Å². The van der Waals surface area contributed by atoms with E-state index in [0.717, 1.165) is 17.9 Å². The molecule has 19 heavy (non-hydrogen) atoms. The van der Waals surface area contributed by atoms with Gasteiger partial charge >= 0.3 is 0 Å². The molecule has 0 aliphatic rings. The third-order valence-electron chi connectivity index (χ3n) is 3.27. The molecule has 0 aliphatic heterocycles. The van der Waals surface area contributed by atoms with Crippen LogP contribution in [0.25, 0.3) is 0 Å². The smallest absolute Gasteiger partial charge is 0.144 e. The predicted octanol–water partition coefficient (Wildman–Crippen LogP) is 3.64. The number of rotatable bonds is 8. The second kappa shape index (κ2) is 8.20. The van der Waals surface area contributed by atoms with Crippen LogP contribution in [0.15, 0.2) is 18.2 Å². The minimum atomic E-state index is 0.509. The van der Waals surface area contributed by atoms with Crippen LogP contribution in [0.5, 0.6) is 5.75 Å². The highest BCUT2D eigenvalue weighted by Gasteiger charge is 2.11. The molecule has 1 aromatic rings. The van der Waals surface area contributed by atoms with Gasteiger partial charge in [-0.05, 0) is 43.9 Å². The number of nitrogens with two attached hydrogens (primary N) is 1. The van der Waals surface area contributed by atoms with Gasteiger partial charge in [-0.3, -0.25) is 0 Å². The van der Waals surface area contributed by atoms with Gasteiger partial charge in [-0.15, -0.1) is 0 Å². The van der Waals surface area contributed by atoms with Crippen molar-refractivity contribution in [3.63, 3.8) is 0 Å². The minimum absolute atomic E-state index is 0.509. The maximum atomic E-state index is 5.94. The number of nitrogens with zero attached hydrogens (tertiary/aromatic N) is 1. The Bertz CT molecular complexity index is 384. The van der Waals surface area contributed by atoms with Gasteiger partial charge in [0.25, 0.3) is 0 Å². The molecule has 1 unspecified atom stereocenters. The summed E-state index contributed by atoms with van der Waals surface area (Å²) in [6, 6.07) is 6.54. The van der Waals surface area contributed by atoms with Gasteiger partial charge in [-0.1, -0.05) is 6.92 Å².